The summed E-state index contributed by atoms with van der Waals surface area (Å²) >= 11 is 0. The van der Waals surface area contributed by atoms with Crippen LogP contribution >= 0.6 is 0 Å². The highest BCUT2D eigenvalue weighted by Crippen LogP contribution is 2.20. The van der Waals surface area contributed by atoms with E-state index in [4.69, 9.17) is 5.73 Å². The molecule has 0 spiro atoms. The molecule has 5 nitrogen and oxygen atoms in total. The number of fused-ring (bicyclic) bond motifs is 1. The van der Waals surface area contributed by atoms with E-state index >= 15 is 0 Å². The molecule has 13 heavy (non-hydrogen) atoms. The molecule has 5 heteroatoms. The minimum atomic E-state index is -0.477. The second-order valence-electron chi connectivity index (χ2n) is 3.57. The van der Waals surface area contributed by atoms with E-state index in [9.17, 15) is 4.79 Å². The summed E-state index contributed by atoms with van der Waals surface area (Å²) in [6.07, 6.45) is 1.94. The molecule has 1 aliphatic heterocycles. The number of hydrogen-bond donors (Lipinski definition) is 1. The number of carbonyl (C=O) groups excluding carboxylic acids is 1. The Kier molecular flexibility index (Phi) is 1.79. The fourth-order valence-corrected chi connectivity index (χ4v) is 1.68. The fourth-order valence-electron chi connectivity index (χ4n) is 1.68. The van der Waals surface area contributed by atoms with Crippen LogP contribution in [0.15, 0.2) is 0 Å². The SMILES string of the molecule is CC1CCn2nnc(C(N)=O)c2C1. The number of rotatable bonds is 1. The van der Waals surface area contributed by atoms with E-state index in [0.717, 1.165) is 25.1 Å². The second-order valence-corrected chi connectivity index (χ2v) is 3.57. The highest BCUT2D eigenvalue weighted by molar-refractivity contribution is 5.91. The Hall–Kier alpha value is -1.39. The number of aryl methyl sites for hydroxylation is 1. The van der Waals surface area contributed by atoms with Gasteiger partial charge < -0.3 is 5.73 Å². The van der Waals surface area contributed by atoms with Crippen LogP contribution in [0.1, 0.15) is 29.5 Å². The molecule has 1 aromatic rings. The molecule has 1 aliphatic rings. The van der Waals surface area contributed by atoms with Crippen molar-refractivity contribution in [1.29, 1.82) is 0 Å². The van der Waals surface area contributed by atoms with Crippen LogP contribution < -0.4 is 5.73 Å². The first-order chi connectivity index (χ1) is 6.18. The zero-order chi connectivity index (χ0) is 9.42. The van der Waals surface area contributed by atoms with Crippen molar-refractivity contribution in [2.24, 2.45) is 11.7 Å². The van der Waals surface area contributed by atoms with Crippen LogP contribution in [0.5, 0.6) is 0 Å². The lowest BCUT2D eigenvalue weighted by molar-refractivity contribution is 0.0994. The molecular weight excluding hydrogens is 168 g/mol. The maximum absolute atomic E-state index is 10.9. The van der Waals surface area contributed by atoms with Gasteiger partial charge in [0.1, 0.15) is 0 Å². The summed E-state index contributed by atoms with van der Waals surface area (Å²) in [5, 5.41) is 7.65. The summed E-state index contributed by atoms with van der Waals surface area (Å²) < 4.78 is 1.78. The van der Waals surface area contributed by atoms with Crippen molar-refractivity contribution >= 4 is 5.91 Å². The van der Waals surface area contributed by atoms with Crippen molar-refractivity contribution in [3.63, 3.8) is 0 Å². The summed E-state index contributed by atoms with van der Waals surface area (Å²) in [6.45, 7) is 3.00. The maximum atomic E-state index is 10.9. The van der Waals surface area contributed by atoms with Gasteiger partial charge in [0.25, 0.3) is 5.91 Å². The number of aromatic nitrogens is 3. The number of carbonyl (C=O) groups is 1. The minimum Gasteiger partial charge on any atom is -0.364 e. The van der Waals surface area contributed by atoms with Gasteiger partial charge in [0.05, 0.1) is 5.69 Å². The molecule has 0 saturated carbocycles. The van der Waals surface area contributed by atoms with Gasteiger partial charge in [-0.15, -0.1) is 5.10 Å². The maximum Gasteiger partial charge on any atom is 0.271 e. The first-order valence-electron chi connectivity index (χ1n) is 4.40. The Bertz CT molecular complexity index is 344. The summed E-state index contributed by atoms with van der Waals surface area (Å²) in [4.78, 5) is 10.9. The molecule has 0 bridgehead atoms. The third-order valence-corrected chi connectivity index (χ3v) is 2.45. The van der Waals surface area contributed by atoms with E-state index in [0.29, 0.717) is 11.6 Å². The first kappa shape index (κ1) is 8.22. The van der Waals surface area contributed by atoms with Crippen molar-refractivity contribution < 1.29 is 4.79 Å². The molecule has 1 unspecified atom stereocenters. The molecule has 0 radical (unpaired) electrons. The molecule has 2 heterocycles. The molecule has 1 aromatic heterocycles. The predicted molar refractivity (Wildman–Crippen MR) is 46.0 cm³/mol. The summed E-state index contributed by atoms with van der Waals surface area (Å²) in [5.74, 6) is 0.111. The summed E-state index contributed by atoms with van der Waals surface area (Å²) in [6, 6.07) is 0. The van der Waals surface area contributed by atoms with E-state index in [1.807, 2.05) is 0 Å². The quantitative estimate of drug-likeness (QED) is 0.659. The van der Waals surface area contributed by atoms with Gasteiger partial charge >= 0.3 is 0 Å². The second kappa shape index (κ2) is 2.83. The Balaban J connectivity index is 2.41. The molecule has 0 aromatic carbocycles. The Morgan fingerprint density at radius 2 is 2.46 bits per heavy atom. The summed E-state index contributed by atoms with van der Waals surface area (Å²) in [7, 11) is 0. The Morgan fingerprint density at radius 1 is 1.69 bits per heavy atom. The van der Waals surface area contributed by atoms with Crippen LogP contribution in [-0.2, 0) is 13.0 Å². The highest BCUT2D eigenvalue weighted by Gasteiger charge is 2.23. The number of amides is 1. The van der Waals surface area contributed by atoms with Crippen LogP contribution in [0.4, 0.5) is 0 Å². The average Bonchev–Trinajstić information content (AvgIpc) is 2.46. The van der Waals surface area contributed by atoms with Gasteiger partial charge in [-0.3, -0.25) is 4.79 Å². The topological polar surface area (TPSA) is 73.8 Å². The summed E-state index contributed by atoms with van der Waals surface area (Å²) in [5.41, 5.74) is 6.41. The third kappa shape index (κ3) is 1.30. The van der Waals surface area contributed by atoms with Crippen LogP contribution in [0.2, 0.25) is 0 Å². The molecule has 2 N–H and O–H groups in total. The molecule has 0 fully saturated rings. The lowest BCUT2D eigenvalue weighted by Crippen LogP contribution is -2.21. The van der Waals surface area contributed by atoms with Crippen molar-refractivity contribution in [2.75, 3.05) is 0 Å². The van der Waals surface area contributed by atoms with Gasteiger partial charge in [0.2, 0.25) is 0 Å². The fraction of sp³-hybridized carbons (Fsp3) is 0.625. The third-order valence-electron chi connectivity index (χ3n) is 2.45. The van der Waals surface area contributed by atoms with Gasteiger partial charge in [-0.25, -0.2) is 4.68 Å². The monoisotopic (exact) mass is 180 g/mol. The molecule has 1 amide bonds. The number of primary amides is 1. The minimum absolute atomic E-state index is 0.339. The largest absolute Gasteiger partial charge is 0.364 e. The first-order valence-corrected chi connectivity index (χ1v) is 4.40. The number of nitrogens with zero attached hydrogens (tertiary/aromatic N) is 3. The number of hydrogen-bond acceptors (Lipinski definition) is 3. The zero-order valence-corrected chi connectivity index (χ0v) is 7.53. The van der Waals surface area contributed by atoms with Gasteiger partial charge in [-0.05, 0) is 18.8 Å². The predicted octanol–water partition coefficient (Wildman–Crippen LogP) is -0.0407. The van der Waals surface area contributed by atoms with Gasteiger partial charge in [-0.2, -0.15) is 0 Å². The van der Waals surface area contributed by atoms with E-state index in [-0.39, 0.29) is 0 Å². The molecular formula is C8H12N4O. The van der Waals surface area contributed by atoms with E-state index in [1.165, 1.54) is 0 Å². The Labute approximate surface area is 75.9 Å². The standard InChI is InChI=1S/C8H12N4O/c1-5-2-3-12-6(4-5)7(8(9)13)10-11-12/h5H,2-4H2,1H3,(H2,9,13). The lowest BCUT2D eigenvalue weighted by atomic mass is 9.97. The molecule has 0 aliphatic carbocycles. The smallest absolute Gasteiger partial charge is 0.271 e. The van der Waals surface area contributed by atoms with Crippen molar-refractivity contribution in [3.05, 3.63) is 11.4 Å². The van der Waals surface area contributed by atoms with Crippen molar-refractivity contribution in [2.45, 2.75) is 26.3 Å². The van der Waals surface area contributed by atoms with Gasteiger partial charge in [0, 0.05) is 6.54 Å². The van der Waals surface area contributed by atoms with E-state index in [1.54, 1.807) is 4.68 Å². The molecule has 2 rings (SSSR count). The van der Waals surface area contributed by atoms with E-state index in [2.05, 4.69) is 17.2 Å². The highest BCUT2D eigenvalue weighted by atomic mass is 16.1. The zero-order valence-electron chi connectivity index (χ0n) is 7.53. The van der Waals surface area contributed by atoms with Crippen LogP contribution in [0, 0.1) is 5.92 Å². The molecule has 70 valence electrons. The van der Waals surface area contributed by atoms with E-state index < -0.39 is 5.91 Å². The van der Waals surface area contributed by atoms with Crippen LogP contribution in [-0.4, -0.2) is 20.9 Å². The normalized spacial score (nSPS) is 21.2. The lowest BCUT2D eigenvalue weighted by Gasteiger charge is -2.18. The van der Waals surface area contributed by atoms with Crippen LogP contribution in [0.25, 0.3) is 0 Å². The van der Waals surface area contributed by atoms with Crippen LogP contribution in [0.3, 0.4) is 0 Å². The number of nitrogens with two attached hydrogens (primary N) is 1. The average molecular weight is 180 g/mol. The van der Waals surface area contributed by atoms with Crippen molar-refractivity contribution in [3.8, 4) is 0 Å². The Morgan fingerprint density at radius 3 is 3.15 bits per heavy atom. The van der Waals surface area contributed by atoms with Gasteiger partial charge in [-0.1, -0.05) is 12.1 Å². The molecule has 1 atom stereocenters. The van der Waals surface area contributed by atoms with Gasteiger partial charge in [0.15, 0.2) is 5.69 Å². The van der Waals surface area contributed by atoms with Crippen molar-refractivity contribution in [1.82, 2.24) is 15.0 Å². The molecule has 0 saturated heterocycles.